The van der Waals surface area contributed by atoms with Gasteiger partial charge in [0.15, 0.2) is 15.9 Å². The first-order chi connectivity index (χ1) is 8.87. The minimum Gasteiger partial charge on any atom is -0.467 e. The zero-order valence-corrected chi connectivity index (χ0v) is 11.7. The van der Waals surface area contributed by atoms with E-state index in [4.69, 9.17) is 11.6 Å². The normalized spacial score (nSPS) is 17.0. The van der Waals surface area contributed by atoms with Crippen molar-refractivity contribution in [2.24, 2.45) is 0 Å². The molecule has 0 aliphatic heterocycles. The monoisotopic (exact) mass is 304 g/mol. The highest BCUT2D eigenvalue weighted by molar-refractivity contribution is 7.92. The SMILES string of the molecule is COC(=O)C(O)c1ccc(S(=O)(=O)C2CC2)c(Cl)c1. The number of rotatable bonds is 4. The molecule has 7 heteroatoms. The molecule has 1 saturated carbocycles. The number of aliphatic hydroxyl groups excluding tert-OH is 1. The Morgan fingerprint density at radius 3 is 2.58 bits per heavy atom. The molecular weight excluding hydrogens is 292 g/mol. The molecule has 1 N–H and O–H groups in total. The summed E-state index contributed by atoms with van der Waals surface area (Å²) in [7, 11) is -2.24. The summed E-state index contributed by atoms with van der Waals surface area (Å²) in [6.07, 6.45) is -0.184. The topological polar surface area (TPSA) is 80.7 Å². The van der Waals surface area contributed by atoms with Gasteiger partial charge in [0, 0.05) is 0 Å². The quantitative estimate of drug-likeness (QED) is 0.852. The lowest BCUT2D eigenvalue weighted by molar-refractivity contribution is -0.150. The van der Waals surface area contributed by atoms with Crippen molar-refractivity contribution < 1.29 is 23.1 Å². The standard InChI is InChI=1S/C12H13ClO5S/c1-18-12(15)11(14)7-2-5-10(9(13)6-7)19(16,17)8-3-4-8/h2,5-6,8,11,14H,3-4H2,1H3. The maximum absolute atomic E-state index is 12.0. The predicted octanol–water partition coefficient (Wildman–Crippen LogP) is 1.48. The van der Waals surface area contributed by atoms with Gasteiger partial charge in [-0.25, -0.2) is 13.2 Å². The number of hydrogen-bond acceptors (Lipinski definition) is 5. The first kappa shape index (κ1) is 14.3. The molecule has 0 aromatic heterocycles. The summed E-state index contributed by atoms with van der Waals surface area (Å²) in [6.45, 7) is 0. The number of methoxy groups -OCH3 is 1. The van der Waals surface area contributed by atoms with Crippen LogP contribution in [0, 0.1) is 0 Å². The minimum atomic E-state index is -3.39. The summed E-state index contributed by atoms with van der Waals surface area (Å²) < 4.78 is 28.5. The number of ether oxygens (including phenoxy) is 1. The lowest BCUT2D eigenvalue weighted by Gasteiger charge is -2.11. The summed E-state index contributed by atoms with van der Waals surface area (Å²) in [4.78, 5) is 11.2. The van der Waals surface area contributed by atoms with E-state index in [0.717, 1.165) is 7.11 Å². The van der Waals surface area contributed by atoms with E-state index in [2.05, 4.69) is 4.74 Å². The zero-order valence-electron chi connectivity index (χ0n) is 10.2. The first-order valence-electron chi connectivity index (χ1n) is 5.67. The molecule has 0 saturated heterocycles. The number of carbonyl (C=O) groups excluding carboxylic acids is 1. The zero-order chi connectivity index (χ0) is 14.2. The van der Waals surface area contributed by atoms with Crippen LogP contribution in [0.1, 0.15) is 24.5 Å². The van der Waals surface area contributed by atoms with Crippen LogP contribution in [0.15, 0.2) is 23.1 Å². The molecule has 0 bridgehead atoms. The van der Waals surface area contributed by atoms with Crippen LogP contribution in [0.4, 0.5) is 0 Å². The van der Waals surface area contributed by atoms with Crippen molar-refractivity contribution in [1.82, 2.24) is 0 Å². The molecule has 0 spiro atoms. The van der Waals surface area contributed by atoms with Crippen LogP contribution in [0.5, 0.6) is 0 Å². The number of hydrogen-bond donors (Lipinski definition) is 1. The molecule has 1 aromatic rings. The van der Waals surface area contributed by atoms with Gasteiger partial charge in [-0.3, -0.25) is 0 Å². The number of benzene rings is 1. The van der Waals surface area contributed by atoms with Crippen molar-refractivity contribution in [3.05, 3.63) is 28.8 Å². The molecule has 104 valence electrons. The molecule has 1 unspecified atom stereocenters. The average Bonchev–Trinajstić information content (AvgIpc) is 3.21. The summed E-state index contributed by atoms with van der Waals surface area (Å²) in [6, 6.07) is 3.96. The Labute approximate surface area is 116 Å². The Kier molecular flexibility index (Phi) is 3.85. The van der Waals surface area contributed by atoms with Crippen molar-refractivity contribution >= 4 is 27.4 Å². The van der Waals surface area contributed by atoms with Crippen molar-refractivity contribution in [3.8, 4) is 0 Å². The van der Waals surface area contributed by atoms with Crippen molar-refractivity contribution in [2.75, 3.05) is 7.11 Å². The molecule has 2 rings (SSSR count). The number of esters is 1. The molecule has 1 aromatic carbocycles. The highest BCUT2D eigenvalue weighted by atomic mass is 35.5. The molecule has 5 nitrogen and oxygen atoms in total. The van der Waals surface area contributed by atoms with Crippen LogP contribution in [-0.4, -0.2) is 31.9 Å². The minimum absolute atomic E-state index is 0.00681. The summed E-state index contributed by atoms with van der Waals surface area (Å²) in [5, 5.41) is 9.29. The second-order valence-electron chi connectivity index (χ2n) is 4.36. The molecule has 1 fully saturated rings. The van der Waals surface area contributed by atoms with E-state index in [1.165, 1.54) is 18.2 Å². The lowest BCUT2D eigenvalue weighted by atomic mass is 10.1. The third-order valence-corrected chi connectivity index (χ3v) is 5.71. The largest absolute Gasteiger partial charge is 0.467 e. The number of aliphatic hydroxyl groups is 1. The second kappa shape index (κ2) is 5.11. The van der Waals surface area contributed by atoms with Gasteiger partial charge in [-0.05, 0) is 30.5 Å². The van der Waals surface area contributed by atoms with Gasteiger partial charge in [0.25, 0.3) is 0 Å². The van der Waals surface area contributed by atoms with Crippen LogP contribution in [-0.2, 0) is 19.4 Å². The van der Waals surface area contributed by atoms with E-state index < -0.39 is 21.9 Å². The van der Waals surface area contributed by atoms with Crippen LogP contribution >= 0.6 is 11.6 Å². The highest BCUT2D eigenvalue weighted by Gasteiger charge is 2.38. The Balaban J connectivity index is 2.35. The highest BCUT2D eigenvalue weighted by Crippen LogP contribution is 2.37. The lowest BCUT2D eigenvalue weighted by Crippen LogP contribution is -2.14. The van der Waals surface area contributed by atoms with Gasteiger partial charge in [-0.15, -0.1) is 0 Å². The Morgan fingerprint density at radius 1 is 1.47 bits per heavy atom. The van der Waals surface area contributed by atoms with E-state index in [9.17, 15) is 18.3 Å². The Bertz CT molecular complexity index is 607. The van der Waals surface area contributed by atoms with Gasteiger partial charge in [-0.2, -0.15) is 0 Å². The van der Waals surface area contributed by atoms with E-state index >= 15 is 0 Å². The van der Waals surface area contributed by atoms with Gasteiger partial charge in [-0.1, -0.05) is 17.7 Å². The van der Waals surface area contributed by atoms with Crippen molar-refractivity contribution in [1.29, 1.82) is 0 Å². The molecule has 0 radical (unpaired) electrons. The number of carbonyl (C=O) groups is 1. The van der Waals surface area contributed by atoms with Gasteiger partial charge in [0.1, 0.15) is 0 Å². The van der Waals surface area contributed by atoms with Gasteiger partial charge in [0.05, 0.1) is 22.3 Å². The summed E-state index contributed by atoms with van der Waals surface area (Å²) in [5.74, 6) is -0.825. The van der Waals surface area contributed by atoms with E-state index in [1.54, 1.807) is 0 Å². The van der Waals surface area contributed by atoms with Crippen LogP contribution in [0.2, 0.25) is 5.02 Å². The first-order valence-corrected chi connectivity index (χ1v) is 7.59. The van der Waals surface area contributed by atoms with Gasteiger partial charge >= 0.3 is 5.97 Å². The van der Waals surface area contributed by atoms with Crippen molar-refractivity contribution in [3.63, 3.8) is 0 Å². The molecular formula is C12H13ClO5S. The Hall–Kier alpha value is -1.11. The third-order valence-electron chi connectivity index (χ3n) is 2.97. The van der Waals surface area contributed by atoms with Gasteiger partial charge < -0.3 is 9.84 Å². The van der Waals surface area contributed by atoms with Gasteiger partial charge in [0.2, 0.25) is 0 Å². The summed E-state index contributed by atoms with van der Waals surface area (Å²) in [5.41, 5.74) is 0.201. The summed E-state index contributed by atoms with van der Waals surface area (Å²) >= 11 is 5.94. The number of sulfone groups is 1. The predicted molar refractivity (Wildman–Crippen MR) is 68.6 cm³/mol. The van der Waals surface area contributed by atoms with Crippen LogP contribution in [0.25, 0.3) is 0 Å². The van der Waals surface area contributed by atoms with E-state index in [-0.39, 0.29) is 20.7 Å². The fraction of sp³-hybridized carbons (Fsp3) is 0.417. The fourth-order valence-corrected chi connectivity index (χ4v) is 3.94. The molecule has 1 aliphatic carbocycles. The van der Waals surface area contributed by atoms with Crippen LogP contribution < -0.4 is 0 Å². The second-order valence-corrected chi connectivity index (χ2v) is 6.96. The molecule has 1 aliphatic rings. The molecule has 19 heavy (non-hydrogen) atoms. The van der Waals surface area contributed by atoms with Crippen LogP contribution in [0.3, 0.4) is 0 Å². The maximum Gasteiger partial charge on any atom is 0.339 e. The third kappa shape index (κ3) is 2.75. The molecule has 0 amide bonds. The Morgan fingerprint density at radius 2 is 2.11 bits per heavy atom. The van der Waals surface area contributed by atoms with Crippen molar-refractivity contribution in [2.45, 2.75) is 29.1 Å². The number of halogens is 1. The van der Waals surface area contributed by atoms with E-state index in [0.29, 0.717) is 12.8 Å². The van der Waals surface area contributed by atoms with E-state index in [1.807, 2.05) is 0 Å². The molecule has 0 heterocycles. The maximum atomic E-state index is 12.0. The molecule has 1 atom stereocenters. The fourth-order valence-electron chi connectivity index (χ4n) is 1.72. The smallest absolute Gasteiger partial charge is 0.339 e. The average molecular weight is 305 g/mol.